The predicted octanol–water partition coefficient (Wildman–Crippen LogP) is 1.35. The van der Waals surface area contributed by atoms with Crippen LogP contribution in [0.1, 0.15) is 34.6 Å². The van der Waals surface area contributed by atoms with E-state index in [0.29, 0.717) is 38.1 Å². The van der Waals surface area contributed by atoms with Crippen LogP contribution < -0.4 is 16.0 Å². The molecule has 0 radical (unpaired) electrons. The summed E-state index contributed by atoms with van der Waals surface area (Å²) in [7, 11) is 1.70. The fourth-order valence-corrected chi connectivity index (χ4v) is 1.44. The summed E-state index contributed by atoms with van der Waals surface area (Å²) in [6.45, 7) is 12.8. The molecule has 0 spiro atoms. The molecule has 0 saturated heterocycles. The maximum absolute atomic E-state index is 11.4. The first-order valence-corrected chi connectivity index (χ1v) is 7.73. The molecule has 0 rings (SSSR count). The molecule has 0 aliphatic carbocycles. The van der Waals surface area contributed by atoms with Crippen LogP contribution in [0, 0.1) is 5.92 Å². The van der Waals surface area contributed by atoms with Gasteiger partial charge >= 0.3 is 6.09 Å². The van der Waals surface area contributed by atoms with Crippen LogP contribution in [-0.2, 0) is 9.47 Å². The summed E-state index contributed by atoms with van der Waals surface area (Å²) in [6, 6.07) is 0. The molecular weight excluding hydrogens is 284 g/mol. The topological polar surface area (TPSA) is 84.0 Å². The molecule has 0 aromatic heterocycles. The molecule has 0 saturated carbocycles. The summed E-state index contributed by atoms with van der Waals surface area (Å²) >= 11 is 0. The molecule has 7 heteroatoms. The number of carbonyl (C=O) groups is 1. The van der Waals surface area contributed by atoms with Crippen molar-refractivity contribution in [3.63, 3.8) is 0 Å². The molecule has 0 aromatic rings. The fourth-order valence-electron chi connectivity index (χ4n) is 1.44. The number of ether oxygens (including phenoxy) is 2. The van der Waals surface area contributed by atoms with Crippen molar-refractivity contribution >= 4 is 12.1 Å². The van der Waals surface area contributed by atoms with Gasteiger partial charge in [0.15, 0.2) is 5.96 Å². The van der Waals surface area contributed by atoms with Crippen LogP contribution in [0.15, 0.2) is 4.99 Å². The Balaban J connectivity index is 3.68. The molecule has 0 fully saturated rings. The van der Waals surface area contributed by atoms with Crippen molar-refractivity contribution in [3.8, 4) is 0 Å². The molecule has 7 nitrogen and oxygen atoms in total. The first-order valence-electron chi connectivity index (χ1n) is 7.73. The molecule has 0 atom stereocenters. The second-order valence-electron chi connectivity index (χ2n) is 6.32. The number of guanidine groups is 1. The highest BCUT2D eigenvalue weighted by molar-refractivity contribution is 5.79. The van der Waals surface area contributed by atoms with Crippen molar-refractivity contribution in [2.45, 2.75) is 40.2 Å². The van der Waals surface area contributed by atoms with E-state index >= 15 is 0 Å². The zero-order valence-corrected chi connectivity index (χ0v) is 14.8. The monoisotopic (exact) mass is 316 g/mol. The molecule has 3 N–H and O–H groups in total. The zero-order valence-electron chi connectivity index (χ0n) is 14.8. The minimum Gasteiger partial charge on any atom is -0.444 e. The molecule has 0 aliphatic heterocycles. The average molecular weight is 316 g/mol. The third-order valence-corrected chi connectivity index (χ3v) is 2.30. The summed E-state index contributed by atoms with van der Waals surface area (Å²) < 4.78 is 10.6. The second kappa shape index (κ2) is 11.1. The number of hydrogen-bond donors (Lipinski definition) is 3. The highest BCUT2D eigenvalue weighted by atomic mass is 16.6. The minimum atomic E-state index is -0.481. The lowest BCUT2D eigenvalue weighted by Gasteiger charge is -2.20. The van der Waals surface area contributed by atoms with Crippen LogP contribution >= 0.6 is 0 Å². The molecular formula is C15H32N4O3. The lowest BCUT2D eigenvalue weighted by atomic mass is 10.2. The Morgan fingerprint density at radius 3 is 2.23 bits per heavy atom. The van der Waals surface area contributed by atoms with Crippen LogP contribution in [0.25, 0.3) is 0 Å². The number of nitrogens with zero attached hydrogens (tertiary/aromatic N) is 1. The summed E-state index contributed by atoms with van der Waals surface area (Å²) in [6.07, 6.45) is -0.417. The largest absolute Gasteiger partial charge is 0.444 e. The molecule has 0 aliphatic rings. The van der Waals surface area contributed by atoms with E-state index in [0.717, 1.165) is 6.61 Å². The Hall–Kier alpha value is -1.50. The Morgan fingerprint density at radius 1 is 1.09 bits per heavy atom. The van der Waals surface area contributed by atoms with Crippen molar-refractivity contribution in [1.29, 1.82) is 0 Å². The lowest BCUT2D eigenvalue weighted by molar-refractivity contribution is 0.0529. The van der Waals surface area contributed by atoms with Gasteiger partial charge in [0.2, 0.25) is 0 Å². The van der Waals surface area contributed by atoms with E-state index in [1.165, 1.54) is 0 Å². The molecule has 0 unspecified atom stereocenters. The van der Waals surface area contributed by atoms with E-state index in [1.54, 1.807) is 7.05 Å². The van der Waals surface area contributed by atoms with Crippen molar-refractivity contribution in [1.82, 2.24) is 16.0 Å². The Kier molecular flexibility index (Phi) is 10.4. The maximum atomic E-state index is 11.4. The van der Waals surface area contributed by atoms with Gasteiger partial charge in [0, 0.05) is 33.3 Å². The summed E-state index contributed by atoms with van der Waals surface area (Å²) in [5.41, 5.74) is -0.481. The lowest BCUT2D eigenvalue weighted by Crippen LogP contribution is -2.43. The number of amides is 1. The van der Waals surface area contributed by atoms with E-state index in [1.807, 2.05) is 20.8 Å². The molecule has 0 aromatic carbocycles. The van der Waals surface area contributed by atoms with Gasteiger partial charge in [-0.3, -0.25) is 4.99 Å². The fraction of sp³-hybridized carbons (Fsp3) is 0.867. The molecule has 0 bridgehead atoms. The summed E-state index contributed by atoms with van der Waals surface area (Å²) in [4.78, 5) is 15.5. The van der Waals surface area contributed by atoms with Crippen molar-refractivity contribution < 1.29 is 14.3 Å². The highest BCUT2D eigenvalue weighted by Crippen LogP contribution is 2.05. The van der Waals surface area contributed by atoms with Gasteiger partial charge in [-0.2, -0.15) is 0 Å². The Bertz CT molecular complexity index is 338. The van der Waals surface area contributed by atoms with Crippen molar-refractivity contribution in [2.24, 2.45) is 10.9 Å². The summed E-state index contributed by atoms with van der Waals surface area (Å²) in [5.74, 6) is 1.22. The van der Waals surface area contributed by atoms with Crippen molar-refractivity contribution in [3.05, 3.63) is 0 Å². The zero-order chi connectivity index (χ0) is 17.0. The van der Waals surface area contributed by atoms with Crippen LogP contribution in [-0.4, -0.2) is 57.5 Å². The minimum absolute atomic E-state index is 0.417. The van der Waals surface area contributed by atoms with Gasteiger partial charge < -0.3 is 25.4 Å². The second-order valence-corrected chi connectivity index (χ2v) is 6.32. The van der Waals surface area contributed by atoms with E-state index in [2.05, 4.69) is 34.8 Å². The number of nitrogens with one attached hydrogen (secondary N) is 3. The van der Waals surface area contributed by atoms with Crippen LogP contribution in [0.3, 0.4) is 0 Å². The maximum Gasteiger partial charge on any atom is 0.407 e. The van der Waals surface area contributed by atoms with Crippen molar-refractivity contribution in [2.75, 3.05) is 39.9 Å². The SMILES string of the molecule is CN=C(NCCNC(=O)OC(C)(C)C)NCCOCC(C)C. The van der Waals surface area contributed by atoms with Crippen LogP contribution in [0.2, 0.25) is 0 Å². The Morgan fingerprint density at radius 2 is 1.68 bits per heavy atom. The van der Waals surface area contributed by atoms with E-state index in [9.17, 15) is 4.79 Å². The number of alkyl carbamates (subject to hydrolysis) is 1. The van der Waals surface area contributed by atoms with E-state index in [4.69, 9.17) is 9.47 Å². The number of rotatable bonds is 8. The predicted molar refractivity (Wildman–Crippen MR) is 89.3 cm³/mol. The number of hydrogen-bond acceptors (Lipinski definition) is 4. The smallest absolute Gasteiger partial charge is 0.407 e. The van der Waals surface area contributed by atoms with Crippen LogP contribution in [0.5, 0.6) is 0 Å². The molecule has 1 amide bonds. The van der Waals surface area contributed by atoms with Gasteiger partial charge in [-0.25, -0.2) is 4.79 Å². The van der Waals surface area contributed by atoms with Gasteiger partial charge in [-0.1, -0.05) is 13.8 Å². The average Bonchev–Trinajstić information content (AvgIpc) is 2.38. The van der Waals surface area contributed by atoms with E-state index < -0.39 is 11.7 Å². The number of carbonyl (C=O) groups excluding carboxylic acids is 1. The number of aliphatic imine (C=N–C) groups is 1. The molecule has 130 valence electrons. The van der Waals surface area contributed by atoms with E-state index in [-0.39, 0.29) is 0 Å². The Labute approximate surface area is 134 Å². The van der Waals surface area contributed by atoms with Gasteiger partial charge in [-0.15, -0.1) is 0 Å². The first-order chi connectivity index (χ1) is 10.2. The van der Waals surface area contributed by atoms with Crippen LogP contribution in [0.4, 0.5) is 4.79 Å². The van der Waals surface area contributed by atoms with Gasteiger partial charge in [0.05, 0.1) is 6.61 Å². The third-order valence-electron chi connectivity index (χ3n) is 2.30. The standard InChI is InChI=1S/C15H32N4O3/c1-12(2)11-21-10-9-18-13(16-6)17-7-8-19-14(20)22-15(3,4)5/h12H,7-11H2,1-6H3,(H,19,20)(H2,16,17,18). The highest BCUT2D eigenvalue weighted by Gasteiger charge is 2.15. The normalized spacial score (nSPS) is 12.2. The first kappa shape index (κ1) is 20.5. The van der Waals surface area contributed by atoms with Gasteiger partial charge in [0.25, 0.3) is 0 Å². The quantitative estimate of drug-likeness (QED) is 0.358. The summed E-state index contributed by atoms with van der Waals surface area (Å²) in [5, 5.41) is 8.92. The van der Waals surface area contributed by atoms with Gasteiger partial charge in [0.1, 0.15) is 5.60 Å². The molecule has 22 heavy (non-hydrogen) atoms. The third kappa shape index (κ3) is 13.5. The molecule has 0 heterocycles. The van der Waals surface area contributed by atoms with Gasteiger partial charge in [-0.05, 0) is 26.7 Å².